The molecule has 23 heavy (non-hydrogen) atoms. The number of morpholine rings is 1. The second kappa shape index (κ2) is 8.43. The highest BCUT2D eigenvalue weighted by atomic mass is 16.6. The fourth-order valence-corrected chi connectivity index (χ4v) is 2.44. The fraction of sp³-hybridized carbons (Fsp3) is 0.611. The maximum Gasteiger partial charge on any atom is 0.338 e. The number of ether oxygens (including phenoxy) is 2. The van der Waals surface area contributed by atoms with Gasteiger partial charge in [-0.05, 0) is 38.5 Å². The molecule has 0 aliphatic carbocycles. The zero-order valence-electron chi connectivity index (χ0n) is 14.4. The monoisotopic (exact) mass is 320 g/mol. The van der Waals surface area contributed by atoms with Gasteiger partial charge in [-0.1, -0.05) is 12.1 Å². The molecule has 0 aromatic heterocycles. The molecule has 1 aromatic rings. The van der Waals surface area contributed by atoms with Crippen LogP contribution >= 0.6 is 0 Å². The lowest BCUT2D eigenvalue weighted by atomic mass is 10.1. The Morgan fingerprint density at radius 1 is 1.30 bits per heavy atom. The summed E-state index contributed by atoms with van der Waals surface area (Å²) in [6.07, 6.45) is 0. The normalized spacial score (nSPS) is 16.3. The van der Waals surface area contributed by atoms with Crippen molar-refractivity contribution in [3.05, 3.63) is 35.4 Å². The Morgan fingerprint density at radius 2 is 2.04 bits per heavy atom. The van der Waals surface area contributed by atoms with Crippen LogP contribution in [0.5, 0.6) is 0 Å². The van der Waals surface area contributed by atoms with Gasteiger partial charge in [0, 0.05) is 32.7 Å². The minimum absolute atomic E-state index is 0.271. The van der Waals surface area contributed by atoms with Gasteiger partial charge in [-0.2, -0.15) is 0 Å². The summed E-state index contributed by atoms with van der Waals surface area (Å²) in [6, 6.07) is 7.62. The van der Waals surface area contributed by atoms with Gasteiger partial charge in [-0.15, -0.1) is 0 Å². The Morgan fingerprint density at radius 3 is 2.74 bits per heavy atom. The highest BCUT2D eigenvalue weighted by Gasteiger charge is 2.17. The van der Waals surface area contributed by atoms with Gasteiger partial charge in [0.15, 0.2) is 0 Å². The highest BCUT2D eigenvalue weighted by Crippen LogP contribution is 2.13. The highest BCUT2D eigenvalue weighted by molar-refractivity contribution is 5.89. The summed E-state index contributed by atoms with van der Waals surface area (Å²) < 4.78 is 10.7. The van der Waals surface area contributed by atoms with E-state index in [0.717, 1.165) is 51.5 Å². The third kappa shape index (κ3) is 6.69. The van der Waals surface area contributed by atoms with Crippen LogP contribution in [0.3, 0.4) is 0 Å². The summed E-state index contributed by atoms with van der Waals surface area (Å²) in [4.78, 5) is 14.5. The Kier molecular flexibility index (Phi) is 6.57. The molecule has 0 radical (unpaired) electrons. The Hall–Kier alpha value is -1.43. The minimum atomic E-state index is -0.469. The van der Waals surface area contributed by atoms with E-state index in [9.17, 15) is 4.79 Å². The Balaban J connectivity index is 1.77. The molecule has 5 nitrogen and oxygen atoms in total. The third-order valence-corrected chi connectivity index (χ3v) is 3.60. The van der Waals surface area contributed by atoms with E-state index in [1.807, 2.05) is 39.0 Å². The number of esters is 1. The number of rotatable bonds is 6. The smallest absolute Gasteiger partial charge is 0.338 e. The molecule has 0 unspecified atom stereocenters. The largest absolute Gasteiger partial charge is 0.456 e. The summed E-state index contributed by atoms with van der Waals surface area (Å²) in [6.45, 7) is 12.0. The van der Waals surface area contributed by atoms with Gasteiger partial charge in [-0.3, -0.25) is 4.90 Å². The van der Waals surface area contributed by atoms with Gasteiger partial charge in [0.2, 0.25) is 0 Å². The fourth-order valence-electron chi connectivity index (χ4n) is 2.44. The van der Waals surface area contributed by atoms with Crippen molar-refractivity contribution < 1.29 is 14.3 Å². The van der Waals surface area contributed by atoms with Crippen LogP contribution in [0.2, 0.25) is 0 Å². The number of nitrogens with one attached hydrogen (secondary N) is 1. The molecule has 1 N–H and O–H groups in total. The lowest BCUT2D eigenvalue weighted by Crippen LogP contribution is -2.40. The van der Waals surface area contributed by atoms with E-state index in [1.165, 1.54) is 0 Å². The lowest BCUT2D eigenvalue weighted by molar-refractivity contribution is 0.00694. The third-order valence-electron chi connectivity index (χ3n) is 3.60. The van der Waals surface area contributed by atoms with Crippen molar-refractivity contribution >= 4 is 5.97 Å². The predicted molar refractivity (Wildman–Crippen MR) is 90.6 cm³/mol. The van der Waals surface area contributed by atoms with E-state index in [1.54, 1.807) is 6.07 Å². The molecular weight excluding hydrogens is 292 g/mol. The molecule has 1 fully saturated rings. The summed E-state index contributed by atoms with van der Waals surface area (Å²) in [7, 11) is 0. The second-order valence-corrected chi connectivity index (χ2v) is 6.83. The van der Waals surface area contributed by atoms with Gasteiger partial charge < -0.3 is 14.8 Å². The quantitative estimate of drug-likeness (QED) is 0.642. The van der Waals surface area contributed by atoms with Crippen LogP contribution in [0.25, 0.3) is 0 Å². The maximum absolute atomic E-state index is 12.1. The van der Waals surface area contributed by atoms with Crippen LogP contribution in [0, 0.1) is 0 Å². The van der Waals surface area contributed by atoms with Crippen molar-refractivity contribution in [2.75, 3.05) is 39.4 Å². The molecule has 1 aliphatic rings. The predicted octanol–water partition coefficient (Wildman–Crippen LogP) is 2.06. The molecule has 1 aromatic carbocycles. The van der Waals surface area contributed by atoms with Crippen LogP contribution < -0.4 is 5.32 Å². The molecule has 0 saturated carbocycles. The zero-order valence-corrected chi connectivity index (χ0v) is 14.4. The van der Waals surface area contributed by atoms with Crippen molar-refractivity contribution in [2.45, 2.75) is 32.9 Å². The standard InChI is InChI=1S/C18H28N2O3/c1-18(2,3)23-17(21)16-6-4-5-15(13-16)14-19-7-8-20-9-11-22-12-10-20/h4-6,13,19H,7-12,14H2,1-3H3. The molecule has 0 amide bonds. The number of carbonyl (C=O) groups is 1. The lowest BCUT2D eigenvalue weighted by Gasteiger charge is -2.26. The van der Waals surface area contributed by atoms with Crippen molar-refractivity contribution in [3.63, 3.8) is 0 Å². The van der Waals surface area contributed by atoms with Crippen molar-refractivity contribution in [3.8, 4) is 0 Å². The molecular formula is C18H28N2O3. The Bertz CT molecular complexity index is 505. The summed E-state index contributed by atoms with van der Waals surface area (Å²) in [5, 5.41) is 3.43. The maximum atomic E-state index is 12.1. The molecule has 1 heterocycles. The molecule has 0 bridgehead atoms. The number of hydrogen-bond donors (Lipinski definition) is 1. The van der Waals surface area contributed by atoms with Crippen LogP contribution in [-0.2, 0) is 16.0 Å². The first kappa shape index (κ1) is 17.9. The van der Waals surface area contributed by atoms with Crippen LogP contribution in [0.1, 0.15) is 36.7 Å². The van der Waals surface area contributed by atoms with Gasteiger partial charge in [0.1, 0.15) is 5.60 Å². The molecule has 128 valence electrons. The molecule has 1 aliphatic heterocycles. The summed E-state index contributed by atoms with van der Waals surface area (Å²) in [5.41, 5.74) is 1.23. The van der Waals surface area contributed by atoms with E-state index in [-0.39, 0.29) is 5.97 Å². The van der Waals surface area contributed by atoms with Crippen molar-refractivity contribution in [1.82, 2.24) is 10.2 Å². The summed E-state index contributed by atoms with van der Waals surface area (Å²) in [5.74, 6) is -0.271. The number of hydrogen-bond acceptors (Lipinski definition) is 5. The van der Waals surface area contributed by atoms with Crippen LogP contribution in [0.4, 0.5) is 0 Å². The average Bonchev–Trinajstić information content (AvgIpc) is 2.51. The number of benzene rings is 1. The van der Waals surface area contributed by atoms with Crippen LogP contribution in [-0.4, -0.2) is 55.9 Å². The van der Waals surface area contributed by atoms with E-state index in [0.29, 0.717) is 5.56 Å². The summed E-state index contributed by atoms with van der Waals surface area (Å²) >= 11 is 0. The zero-order chi connectivity index (χ0) is 16.7. The molecule has 0 atom stereocenters. The minimum Gasteiger partial charge on any atom is -0.456 e. The van der Waals surface area contributed by atoms with E-state index in [4.69, 9.17) is 9.47 Å². The molecule has 0 spiro atoms. The first-order valence-corrected chi connectivity index (χ1v) is 8.27. The topological polar surface area (TPSA) is 50.8 Å². The molecule has 2 rings (SSSR count). The Labute approximate surface area is 139 Å². The molecule has 1 saturated heterocycles. The first-order valence-electron chi connectivity index (χ1n) is 8.27. The number of nitrogens with zero attached hydrogens (tertiary/aromatic N) is 1. The van der Waals surface area contributed by atoms with Crippen LogP contribution in [0.15, 0.2) is 24.3 Å². The average molecular weight is 320 g/mol. The van der Waals surface area contributed by atoms with Gasteiger partial charge in [0.25, 0.3) is 0 Å². The van der Waals surface area contributed by atoms with Crippen molar-refractivity contribution in [1.29, 1.82) is 0 Å². The van der Waals surface area contributed by atoms with E-state index >= 15 is 0 Å². The van der Waals surface area contributed by atoms with Gasteiger partial charge in [-0.25, -0.2) is 4.79 Å². The van der Waals surface area contributed by atoms with Gasteiger partial charge >= 0.3 is 5.97 Å². The van der Waals surface area contributed by atoms with Crippen molar-refractivity contribution in [2.24, 2.45) is 0 Å². The number of carbonyl (C=O) groups excluding carboxylic acids is 1. The van der Waals surface area contributed by atoms with E-state index in [2.05, 4.69) is 10.2 Å². The molecule has 5 heteroatoms. The first-order chi connectivity index (χ1) is 10.9. The SMILES string of the molecule is CC(C)(C)OC(=O)c1cccc(CNCCN2CCOCC2)c1. The van der Waals surface area contributed by atoms with Gasteiger partial charge in [0.05, 0.1) is 18.8 Å². The second-order valence-electron chi connectivity index (χ2n) is 6.83. The van der Waals surface area contributed by atoms with E-state index < -0.39 is 5.60 Å².